The van der Waals surface area contributed by atoms with E-state index in [1.165, 1.54) is 12.8 Å². The minimum Gasteiger partial charge on any atom is -0.389 e. The smallest absolute Gasteiger partial charge is 0.134 e. The van der Waals surface area contributed by atoms with E-state index >= 15 is 0 Å². The van der Waals surface area contributed by atoms with Crippen molar-refractivity contribution in [3.63, 3.8) is 0 Å². The highest BCUT2D eigenvalue weighted by molar-refractivity contribution is 5.49. The Hall–Kier alpha value is -1.13. The maximum atomic E-state index is 9.88. The maximum absolute atomic E-state index is 9.88. The van der Waals surface area contributed by atoms with Gasteiger partial charge in [0.15, 0.2) is 0 Å². The van der Waals surface area contributed by atoms with Crippen molar-refractivity contribution in [2.45, 2.75) is 44.4 Å². The van der Waals surface area contributed by atoms with Gasteiger partial charge in [-0.2, -0.15) is 0 Å². The first-order valence-electron chi connectivity index (χ1n) is 6.78. The summed E-state index contributed by atoms with van der Waals surface area (Å²) in [5, 5.41) is 9.88. The van der Waals surface area contributed by atoms with Crippen LogP contribution in [-0.2, 0) is 4.74 Å². The molecule has 4 heteroatoms. The molecule has 1 saturated heterocycles. The summed E-state index contributed by atoms with van der Waals surface area (Å²) in [4.78, 5) is 6.83. The second kappa shape index (κ2) is 4.86. The van der Waals surface area contributed by atoms with Crippen LogP contribution < -0.4 is 4.90 Å². The molecule has 3 rings (SSSR count). The second-order valence-electron chi connectivity index (χ2n) is 5.19. The first-order valence-corrected chi connectivity index (χ1v) is 6.78. The van der Waals surface area contributed by atoms with E-state index in [2.05, 4.69) is 9.88 Å². The first-order chi connectivity index (χ1) is 8.77. The van der Waals surface area contributed by atoms with Crippen molar-refractivity contribution in [2.75, 3.05) is 18.1 Å². The molecule has 0 amide bonds. The van der Waals surface area contributed by atoms with Gasteiger partial charge < -0.3 is 14.7 Å². The number of morpholine rings is 1. The van der Waals surface area contributed by atoms with E-state index in [-0.39, 0.29) is 0 Å². The van der Waals surface area contributed by atoms with Crippen molar-refractivity contribution in [1.82, 2.24) is 4.98 Å². The minimum absolute atomic E-state index is 0.350. The highest BCUT2D eigenvalue weighted by atomic mass is 16.5. The number of nitrogens with zero attached hydrogens (tertiary/aromatic N) is 2. The molecule has 2 aliphatic rings. The fourth-order valence-corrected chi connectivity index (χ4v) is 3.16. The molecule has 4 nitrogen and oxygen atoms in total. The Kier molecular flexibility index (Phi) is 3.22. The van der Waals surface area contributed by atoms with Crippen molar-refractivity contribution in [3.8, 4) is 0 Å². The van der Waals surface area contributed by atoms with Gasteiger partial charge in [-0.3, -0.25) is 0 Å². The highest BCUT2D eigenvalue weighted by Gasteiger charge is 2.37. The number of rotatable bonds is 2. The average Bonchev–Trinajstić information content (AvgIpc) is 2.86. The van der Waals surface area contributed by atoms with E-state index in [1.807, 2.05) is 12.1 Å². The summed E-state index contributed by atoms with van der Waals surface area (Å²) in [5.74, 6) is 0.938. The van der Waals surface area contributed by atoms with Crippen molar-refractivity contribution in [1.29, 1.82) is 0 Å². The number of pyridine rings is 1. The number of hydrogen-bond donors (Lipinski definition) is 1. The Balaban J connectivity index is 1.93. The Morgan fingerprint density at radius 3 is 3.22 bits per heavy atom. The van der Waals surface area contributed by atoms with Gasteiger partial charge in [-0.25, -0.2) is 4.98 Å². The van der Waals surface area contributed by atoms with E-state index in [1.54, 1.807) is 13.1 Å². The zero-order chi connectivity index (χ0) is 12.5. The fraction of sp³-hybridized carbons (Fsp3) is 0.643. The van der Waals surface area contributed by atoms with Crippen molar-refractivity contribution in [2.24, 2.45) is 0 Å². The lowest BCUT2D eigenvalue weighted by molar-refractivity contribution is 0.0250. The highest BCUT2D eigenvalue weighted by Crippen LogP contribution is 2.34. The number of fused-ring (bicyclic) bond motifs is 1. The third-order valence-corrected chi connectivity index (χ3v) is 4.02. The lowest BCUT2D eigenvalue weighted by Gasteiger charge is -2.39. The van der Waals surface area contributed by atoms with Gasteiger partial charge in [0, 0.05) is 18.3 Å². The molecule has 0 radical (unpaired) electrons. The van der Waals surface area contributed by atoms with E-state index < -0.39 is 6.10 Å². The zero-order valence-electron chi connectivity index (χ0n) is 10.7. The molecule has 18 heavy (non-hydrogen) atoms. The molecule has 3 unspecified atom stereocenters. The van der Waals surface area contributed by atoms with Gasteiger partial charge in [-0.15, -0.1) is 0 Å². The van der Waals surface area contributed by atoms with Crippen LogP contribution in [0.15, 0.2) is 18.3 Å². The topological polar surface area (TPSA) is 45.6 Å². The lowest BCUT2D eigenvalue weighted by Crippen LogP contribution is -2.49. The van der Waals surface area contributed by atoms with Crippen LogP contribution in [0.2, 0.25) is 0 Å². The summed E-state index contributed by atoms with van der Waals surface area (Å²) in [7, 11) is 0. The van der Waals surface area contributed by atoms with Gasteiger partial charge in [-0.05, 0) is 32.3 Å². The van der Waals surface area contributed by atoms with Crippen molar-refractivity contribution in [3.05, 3.63) is 23.9 Å². The van der Waals surface area contributed by atoms with E-state index in [0.717, 1.165) is 31.0 Å². The molecule has 1 aromatic heterocycles. The Labute approximate surface area is 108 Å². The number of ether oxygens (including phenoxy) is 1. The summed E-state index contributed by atoms with van der Waals surface area (Å²) < 4.78 is 5.82. The van der Waals surface area contributed by atoms with Crippen LogP contribution in [0.3, 0.4) is 0 Å². The molecule has 1 aromatic rings. The van der Waals surface area contributed by atoms with Gasteiger partial charge in [0.05, 0.1) is 24.9 Å². The Morgan fingerprint density at radius 2 is 2.39 bits per heavy atom. The van der Waals surface area contributed by atoms with Crippen molar-refractivity contribution >= 4 is 5.82 Å². The van der Waals surface area contributed by atoms with Gasteiger partial charge in [0.1, 0.15) is 5.82 Å². The average molecular weight is 248 g/mol. The quantitative estimate of drug-likeness (QED) is 0.868. The summed E-state index contributed by atoms with van der Waals surface area (Å²) in [6.45, 7) is 3.43. The number of aliphatic hydroxyl groups excluding tert-OH is 1. The van der Waals surface area contributed by atoms with Gasteiger partial charge in [-0.1, -0.05) is 6.07 Å². The van der Waals surface area contributed by atoms with Crippen LogP contribution >= 0.6 is 0 Å². The van der Waals surface area contributed by atoms with E-state index in [4.69, 9.17) is 4.74 Å². The molecular formula is C14H20N2O2. The van der Waals surface area contributed by atoms with Crippen LogP contribution in [-0.4, -0.2) is 35.4 Å². The molecule has 1 N–H and O–H groups in total. The second-order valence-corrected chi connectivity index (χ2v) is 5.19. The summed E-state index contributed by atoms with van der Waals surface area (Å²) >= 11 is 0. The molecule has 3 atom stereocenters. The summed E-state index contributed by atoms with van der Waals surface area (Å²) in [6.07, 6.45) is 5.22. The van der Waals surface area contributed by atoms with Crippen LogP contribution in [0.4, 0.5) is 5.82 Å². The Bertz CT molecular complexity index is 422. The zero-order valence-corrected chi connectivity index (χ0v) is 10.7. The molecule has 2 heterocycles. The SMILES string of the molecule is CC(O)c1cccnc1N1CCOC2CCCC21. The van der Waals surface area contributed by atoms with Crippen LogP contribution in [0.25, 0.3) is 0 Å². The molecule has 1 aliphatic carbocycles. The van der Waals surface area contributed by atoms with E-state index in [9.17, 15) is 5.11 Å². The van der Waals surface area contributed by atoms with Gasteiger partial charge in [0.2, 0.25) is 0 Å². The monoisotopic (exact) mass is 248 g/mol. The summed E-state index contributed by atoms with van der Waals surface area (Å²) in [5.41, 5.74) is 0.921. The largest absolute Gasteiger partial charge is 0.389 e. The molecule has 0 aromatic carbocycles. The maximum Gasteiger partial charge on any atom is 0.134 e. The number of aliphatic hydroxyl groups is 1. The predicted molar refractivity (Wildman–Crippen MR) is 69.6 cm³/mol. The van der Waals surface area contributed by atoms with Crippen LogP contribution in [0, 0.1) is 0 Å². The minimum atomic E-state index is -0.476. The van der Waals surface area contributed by atoms with Gasteiger partial charge in [0.25, 0.3) is 0 Å². The molecule has 0 spiro atoms. The standard InChI is InChI=1S/C14H20N2O2/c1-10(17)11-4-3-7-15-14(11)16-8-9-18-13-6-2-5-12(13)16/h3-4,7,10,12-13,17H,2,5-6,8-9H2,1H3. The third kappa shape index (κ3) is 1.99. The predicted octanol–water partition coefficient (Wildman–Crippen LogP) is 1.89. The Morgan fingerprint density at radius 1 is 1.50 bits per heavy atom. The van der Waals surface area contributed by atoms with Crippen LogP contribution in [0.5, 0.6) is 0 Å². The third-order valence-electron chi connectivity index (χ3n) is 4.02. The fourth-order valence-electron chi connectivity index (χ4n) is 3.16. The molecule has 1 saturated carbocycles. The molecule has 1 aliphatic heterocycles. The lowest BCUT2D eigenvalue weighted by atomic mass is 10.1. The number of aromatic nitrogens is 1. The number of anilines is 1. The molecule has 2 fully saturated rings. The summed E-state index contributed by atoms with van der Waals surface area (Å²) in [6, 6.07) is 4.29. The number of hydrogen-bond acceptors (Lipinski definition) is 4. The normalized spacial score (nSPS) is 29.1. The van der Waals surface area contributed by atoms with E-state index in [0.29, 0.717) is 12.1 Å². The van der Waals surface area contributed by atoms with Crippen LogP contribution in [0.1, 0.15) is 37.9 Å². The molecule has 0 bridgehead atoms. The molecular weight excluding hydrogens is 228 g/mol. The first kappa shape index (κ1) is 11.9. The molecule has 98 valence electrons. The van der Waals surface area contributed by atoms with Crippen molar-refractivity contribution < 1.29 is 9.84 Å². The van der Waals surface area contributed by atoms with Gasteiger partial charge >= 0.3 is 0 Å².